The number of rotatable bonds is 2. The van der Waals surface area contributed by atoms with Gasteiger partial charge in [-0.05, 0) is 37.6 Å². The van der Waals surface area contributed by atoms with Gasteiger partial charge in [-0.25, -0.2) is 0 Å². The van der Waals surface area contributed by atoms with E-state index in [4.69, 9.17) is 23.2 Å². The van der Waals surface area contributed by atoms with Crippen LogP contribution in [0.15, 0.2) is 18.2 Å². The lowest BCUT2D eigenvalue weighted by atomic mass is 9.84. The van der Waals surface area contributed by atoms with Gasteiger partial charge in [0.15, 0.2) is 0 Å². The van der Waals surface area contributed by atoms with Crippen molar-refractivity contribution in [2.24, 2.45) is 0 Å². The molecule has 94 valence electrons. The van der Waals surface area contributed by atoms with Crippen molar-refractivity contribution in [1.82, 2.24) is 4.90 Å². The molecule has 2 nitrogen and oxygen atoms in total. The SMILES string of the molecule is CCN1CCC(O)(c2cc(Cl)ccc2Cl)CC1. The number of hydrogen-bond acceptors (Lipinski definition) is 2. The zero-order valence-electron chi connectivity index (χ0n) is 9.92. The minimum Gasteiger partial charge on any atom is -0.385 e. The molecule has 0 aliphatic carbocycles. The Labute approximate surface area is 112 Å². The van der Waals surface area contributed by atoms with E-state index in [1.807, 2.05) is 0 Å². The van der Waals surface area contributed by atoms with E-state index in [0.29, 0.717) is 22.9 Å². The van der Waals surface area contributed by atoms with Crippen LogP contribution in [0.25, 0.3) is 0 Å². The first kappa shape index (κ1) is 13.2. The second-order valence-electron chi connectivity index (χ2n) is 4.59. The summed E-state index contributed by atoms with van der Waals surface area (Å²) >= 11 is 12.1. The van der Waals surface area contributed by atoms with Gasteiger partial charge in [0.2, 0.25) is 0 Å². The predicted octanol–water partition coefficient (Wildman–Crippen LogP) is 3.30. The molecular weight excluding hydrogens is 257 g/mol. The standard InChI is InChI=1S/C13H17Cl2NO/c1-2-16-7-5-13(17,6-8-16)11-9-10(14)3-4-12(11)15/h3-4,9,17H,2,5-8H2,1H3. The molecule has 0 bridgehead atoms. The molecule has 4 heteroatoms. The van der Waals surface area contributed by atoms with Crippen LogP contribution in [0.3, 0.4) is 0 Å². The summed E-state index contributed by atoms with van der Waals surface area (Å²) in [6.07, 6.45) is 1.42. The van der Waals surface area contributed by atoms with Crippen molar-refractivity contribution >= 4 is 23.2 Å². The van der Waals surface area contributed by atoms with Gasteiger partial charge in [0, 0.05) is 28.7 Å². The highest BCUT2D eigenvalue weighted by molar-refractivity contribution is 6.33. The minimum absolute atomic E-state index is 0.599. The minimum atomic E-state index is -0.826. The van der Waals surface area contributed by atoms with E-state index < -0.39 is 5.60 Å². The molecule has 0 unspecified atom stereocenters. The fraction of sp³-hybridized carbons (Fsp3) is 0.538. The van der Waals surface area contributed by atoms with Gasteiger partial charge in [0.25, 0.3) is 0 Å². The van der Waals surface area contributed by atoms with E-state index in [0.717, 1.165) is 25.2 Å². The van der Waals surface area contributed by atoms with Crippen molar-refractivity contribution in [2.45, 2.75) is 25.4 Å². The summed E-state index contributed by atoms with van der Waals surface area (Å²) in [7, 11) is 0. The fourth-order valence-corrected chi connectivity index (χ4v) is 2.83. The predicted molar refractivity (Wildman–Crippen MR) is 71.7 cm³/mol. The summed E-state index contributed by atoms with van der Waals surface area (Å²) in [5.74, 6) is 0. The van der Waals surface area contributed by atoms with Gasteiger partial charge in [-0.2, -0.15) is 0 Å². The summed E-state index contributed by atoms with van der Waals surface area (Å²) < 4.78 is 0. The van der Waals surface area contributed by atoms with E-state index in [1.54, 1.807) is 18.2 Å². The Morgan fingerprint density at radius 1 is 1.29 bits per heavy atom. The van der Waals surface area contributed by atoms with Crippen LogP contribution in [0, 0.1) is 0 Å². The first-order valence-corrected chi connectivity index (χ1v) is 6.71. The maximum absolute atomic E-state index is 10.7. The maximum atomic E-state index is 10.7. The Kier molecular flexibility index (Phi) is 3.99. The monoisotopic (exact) mass is 273 g/mol. The highest BCUT2D eigenvalue weighted by atomic mass is 35.5. The molecule has 2 rings (SSSR count). The van der Waals surface area contributed by atoms with Crippen molar-refractivity contribution in [1.29, 1.82) is 0 Å². The molecule has 17 heavy (non-hydrogen) atoms. The van der Waals surface area contributed by atoms with Crippen LogP contribution in [0.5, 0.6) is 0 Å². The largest absolute Gasteiger partial charge is 0.385 e. The van der Waals surface area contributed by atoms with Crippen molar-refractivity contribution < 1.29 is 5.11 Å². The fourth-order valence-electron chi connectivity index (χ4n) is 2.36. The summed E-state index contributed by atoms with van der Waals surface area (Å²) in [4.78, 5) is 2.33. The maximum Gasteiger partial charge on any atom is 0.0935 e. The zero-order valence-corrected chi connectivity index (χ0v) is 11.4. The normalized spacial score (nSPS) is 20.5. The second-order valence-corrected chi connectivity index (χ2v) is 5.43. The molecule has 0 atom stereocenters. The lowest BCUT2D eigenvalue weighted by Gasteiger charge is -2.38. The molecule has 1 N–H and O–H groups in total. The van der Waals surface area contributed by atoms with Crippen LogP contribution in [0.4, 0.5) is 0 Å². The van der Waals surface area contributed by atoms with Crippen LogP contribution in [0.1, 0.15) is 25.3 Å². The van der Waals surface area contributed by atoms with Crippen LogP contribution in [-0.4, -0.2) is 29.6 Å². The summed E-state index contributed by atoms with van der Waals surface area (Å²) in [5, 5.41) is 11.9. The number of piperidine rings is 1. The molecule has 1 fully saturated rings. The van der Waals surface area contributed by atoms with Crippen molar-refractivity contribution in [3.8, 4) is 0 Å². The van der Waals surface area contributed by atoms with Crippen molar-refractivity contribution in [2.75, 3.05) is 19.6 Å². The molecule has 1 aromatic rings. The molecule has 0 amide bonds. The van der Waals surface area contributed by atoms with Gasteiger partial charge >= 0.3 is 0 Å². The lowest BCUT2D eigenvalue weighted by molar-refractivity contribution is -0.0246. The molecule has 1 aliphatic heterocycles. The Morgan fingerprint density at radius 3 is 2.53 bits per heavy atom. The van der Waals surface area contributed by atoms with Gasteiger partial charge in [-0.1, -0.05) is 30.1 Å². The third-order valence-electron chi connectivity index (χ3n) is 3.56. The Bertz CT molecular complexity index is 400. The number of nitrogens with zero attached hydrogens (tertiary/aromatic N) is 1. The number of aliphatic hydroxyl groups is 1. The van der Waals surface area contributed by atoms with E-state index in [-0.39, 0.29) is 0 Å². The Hall–Kier alpha value is -0.280. The average molecular weight is 274 g/mol. The molecule has 0 aromatic heterocycles. The number of benzene rings is 1. The molecule has 1 heterocycles. The quantitative estimate of drug-likeness (QED) is 0.894. The van der Waals surface area contributed by atoms with Crippen LogP contribution in [0.2, 0.25) is 10.0 Å². The first-order valence-electron chi connectivity index (χ1n) is 5.95. The molecule has 0 radical (unpaired) electrons. The molecule has 1 saturated heterocycles. The van der Waals surface area contributed by atoms with Gasteiger partial charge in [0.05, 0.1) is 5.60 Å². The van der Waals surface area contributed by atoms with E-state index in [1.165, 1.54) is 0 Å². The van der Waals surface area contributed by atoms with Gasteiger partial charge in [0.1, 0.15) is 0 Å². The topological polar surface area (TPSA) is 23.5 Å². The van der Waals surface area contributed by atoms with Gasteiger partial charge in [-0.15, -0.1) is 0 Å². The highest BCUT2D eigenvalue weighted by Gasteiger charge is 2.35. The number of hydrogen-bond donors (Lipinski definition) is 1. The van der Waals surface area contributed by atoms with Crippen LogP contribution < -0.4 is 0 Å². The molecular formula is C13H17Cl2NO. The summed E-state index contributed by atoms with van der Waals surface area (Å²) in [6.45, 7) is 4.96. The van der Waals surface area contributed by atoms with Crippen molar-refractivity contribution in [3.63, 3.8) is 0 Å². The molecule has 1 aromatic carbocycles. The average Bonchev–Trinajstić information content (AvgIpc) is 2.33. The van der Waals surface area contributed by atoms with E-state index >= 15 is 0 Å². The third-order valence-corrected chi connectivity index (χ3v) is 4.12. The molecule has 1 aliphatic rings. The molecule has 0 spiro atoms. The van der Waals surface area contributed by atoms with Crippen LogP contribution >= 0.6 is 23.2 Å². The Morgan fingerprint density at radius 2 is 1.94 bits per heavy atom. The third kappa shape index (κ3) is 2.76. The summed E-state index contributed by atoms with van der Waals surface area (Å²) in [5.41, 5.74) is -0.0596. The van der Waals surface area contributed by atoms with E-state index in [9.17, 15) is 5.11 Å². The highest BCUT2D eigenvalue weighted by Crippen LogP contribution is 2.37. The number of likely N-dealkylation sites (tertiary alicyclic amines) is 1. The van der Waals surface area contributed by atoms with Crippen LogP contribution in [-0.2, 0) is 5.60 Å². The summed E-state index contributed by atoms with van der Waals surface area (Å²) in [6, 6.07) is 5.28. The second kappa shape index (κ2) is 5.15. The van der Waals surface area contributed by atoms with Gasteiger partial charge in [-0.3, -0.25) is 0 Å². The van der Waals surface area contributed by atoms with Crippen molar-refractivity contribution in [3.05, 3.63) is 33.8 Å². The zero-order chi connectivity index (χ0) is 12.5. The lowest BCUT2D eigenvalue weighted by Crippen LogP contribution is -2.42. The smallest absolute Gasteiger partial charge is 0.0935 e. The van der Waals surface area contributed by atoms with Gasteiger partial charge < -0.3 is 10.0 Å². The molecule has 0 saturated carbocycles. The van der Waals surface area contributed by atoms with E-state index in [2.05, 4.69) is 11.8 Å². The first-order chi connectivity index (χ1) is 8.05. The Balaban J connectivity index is 2.24. The number of halogens is 2.